The van der Waals surface area contributed by atoms with Crippen molar-refractivity contribution in [2.45, 2.75) is 90.6 Å². The van der Waals surface area contributed by atoms with Gasteiger partial charge in [-0.1, -0.05) is 87.5 Å². The first-order valence-corrected chi connectivity index (χ1v) is 19.8. The minimum absolute atomic E-state index is 0.0741. The van der Waals surface area contributed by atoms with E-state index in [0.29, 0.717) is 13.2 Å². The van der Waals surface area contributed by atoms with E-state index in [4.69, 9.17) is 13.9 Å². The van der Waals surface area contributed by atoms with Gasteiger partial charge in [-0.15, -0.1) is 0 Å². The van der Waals surface area contributed by atoms with Crippen LogP contribution < -0.4 is 20.7 Å². The molecule has 0 bridgehead atoms. The zero-order chi connectivity index (χ0) is 34.5. The summed E-state index contributed by atoms with van der Waals surface area (Å²) in [6.45, 7) is 18.6. The molecule has 4 aromatic carbocycles. The highest BCUT2D eigenvalue weighted by Gasteiger charge is 2.40. The number of nitrogens with one attached hydrogen (secondary N) is 3. The van der Waals surface area contributed by atoms with Gasteiger partial charge in [-0.3, -0.25) is 0 Å². The lowest BCUT2D eigenvalue weighted by Crippen LogP contribution is -2.44. The third kappa shape index (κ3) is 9.14. The first kappa shape index (κ1) is 35.4. The van der Waals surface area contributed by atoms with Crippen molar-refractivity contribution in [1.82, 2.24) is 5.32 Å². The Balaban J connectivity index is 1.23. The van der Waals surface area contributed by atoms with E-state index >= 15 is 0 Å². The molecular weight excluding hydrogens is 615 g/mol. The van der Waals surface area contributed by atoms with Gasteiger partial charge in [0.2, 0.25) is 5.79 Å². The Morgan fingerprint density at radius 2 is 1.65 bits per heavy atom. The molecule has 254 valence electrons. The first-order valence-electron chi connectivity index (χ1n) is 16.9. The average molecular weight is 666 g/mol. The van der Waals surface area contributed by atoms with E-state index < -0.39 is 14.1 Å². The second-order valence-electron chi connectivity index (χ2n) is 14.7. The maximum atomic E-state index is 13.1. The normalized spacial score (nSPS) is 15.5. The topological polar surface area (TPSA) is 80.9 Å². The lowest BCUT2D eigenvalue weighted by atomic mass is 10.0. The molecule has 3 N–H and O–H groups in total. The van der Waals surface area contributed by atoms with E-state index in [2.05, 4.69) is 81.0 Å². The van der Waals surface area contributed by atoms with Crippen LogP contribution in [0.1, 0.15) is 64.3 Å². The molecule has 7 nitrogen and oxygen atoms in total. The zero-order valence-corrected chi connectivity index (χ0v) is 30.6. The second kappa shape index (κ2) is 14.7. The van der Waals surface area contributed by atoms with E-state index in [0.717, 1.165) is 51.4 Å². The van der Waals surface area contributed by atoms with E-state index in [-0.39, 0.29) is 23.2 Å². The predicted molar refractivity (Wildman–Crippen MR) is 199 cm³/mol. The molecule has 0 radical (unpaired) electrons. The number of amides is 2. The van der Waals surface area contributed by atoms with Crippen molar-refractivity contribution < 1.29 is 18.7 Å². The molecule has 0 saturated carbocycles. The summed E-state index contributed by atoms with van der Waals surface area (Å²) in [6, 6.07) is 32.2. The van der Waals surface area contributed by atoms with E-state index in [1.54, 1.807) is 0 Å². The van der Waals surface area contributed by atoms with Crippen LogP contribution in [0.5, 0.6) is 5.75 Å². The van der Waals surface area contributed by atoms with Crippen LogP contribution in [0.4, 0.5) is 16.2 Å². The standard InChI is InChI=1S/C40H51N3O4Si/c1-28(41-26-37(47-48(7,8)39(2,3)4)31-21-22-36-32(25-31)27-45-40(5,6)46-36)23-29-15-14-18-33(24-29)42-38(44)43-35-20-13-12-19-34(35)30-16-10-9-11-17-30/h9-22,24-25,28,37,41H,23,26-27H2,1-8H3,(H2,42,43,44)/t28?,37-/m1/s1. The fraction of sp³-hybridized carbons (Fsp3) is 0.375. The van der Waals surface area contributed by atoms with E-state index in [9.17, 15) is 4.79 Å². The minimum Gasteiger partial charge on any atom is -0.463 e. The molecule has 0 aromatic heterocycles. The monoisotopic (exact) mass is 665 g/mol. The SMILES string of the molecule is CC(Cc1cccc(NC(=O)Nc2ccccc2-c2ccccc2)c1)NC[C@@H](O[Si](C)(C)C(C)(C)C)c1ccc2c(c1)COC(C)(C)O2. The summed E-state index contributed by atoms with van der Waals surface area (Å²) in [4.78, 5) is 13.1. The summed E-state index contributed by atoms with van der Waals surface area (Å²) in [7, 11) is -2.08. The Labute approximate surface area is 287 Å². The van der Waals surface area contributed by atoms with Gasteiger partial charge < -0.3 is 29.9 Å². The third-order valence-corrected chi connectivity index (χ3v) is 13.8. The maximum Gasteiger partial charge on any atom is 0.323 e. The van der Waals surface area contributed by atoms with Crippen molar-refractivity contribution in [3.63, 3.8) is 0 Å². The molecule has 0 fully saturated rings. The number of ether oxygens (including phenoxy) is 2. The molecule has 1 heterocycles. The van der Waals surface area contributed by atoms with E-state index in [1.807, 2.05) is 86.6 Å². The number of para-hydroxylation sites is 1. The Hall–Kier alpha value is -3.95. The number of benzene rings is 4. The van der Waals surface area contributed by atoms with Crippen LogP contribution in [-0.2, 0) is 22.2 Å². The fourth-order valence-electron chi connectivity index (χ4n) is 5.57. The largest absolute Gasteiger partial charge is 0.463 e. The molecule has 2 amide bonds. The highest BCUT2D eigenvalue weighted by molar-refractivity contribution is 6.74. The van der Waals surface area contributed by atoms with Gasteiger partial charge in [0.15, 0.2) is 8.32 Å². The zero-order valence-electron chi connectivity index (χ0n) is 29.6. The van der Waals surface area contributed by atoms with Crippen molar-refractivity contribution in [2.75, 3.05) is 17.2 Å². The van der Waals surface area contributed by atoms with Crippen LogP contribution in [-0.4, -0.2) is 32.7 Å². The Kier molecular flexibility index (Phi) is 10.8. The Morgan fingerprint density at radius 3 is 2.40 bits per heavy atom. The summed E-state index contributed by atoms with van der Waals surface area (Å²) in [5, 5.41) is 9.87. The molecule has 5 rings (SSSR count). The molecule has 1 aliphatic heterocycles. The van der Waals surface area contributed by atoms with Crippen LogP contribution in [0.25, 0.3) is 11.1 Å². The quantitative estimate of drug-likeness (QED) is 0.139. The van der Waals surface area contributed by atoms with Gasteiger partial charge in [0.1, 0.15) is 5.75 Å². The van der Waals surface area contributed by atoms with Crippen molar-refractivity contribution in [3.8, 4) is 16.9 Å². The Bertz CT molecular complexity index is 1700. The third-order valence-electron chi connectivity index (χ3n) is 9.27. The maximum absolute atomic E-state index is 13.1. The number of rotatable bonds is 11. The average Bonchev–Trinajstić information content (AvgIpc) is 3.02. The summed E-state index contributed by atoms with van der Waals surface area (Å²) >= 11 is 0. The molecule has 0 saturated heterocycles. The van der Waals surface area contributed by atoms with Crippen molar-refractivity contribution in [1.29, 1.82) is 0 Å². The van der Waals surface area contributed by atoms with E-state index in [1.165, 1.54) is 0 Å². The molecule has 0 spiro atoms. The minimum atomic E-state index is -2.08. The van der Waals surface area contributed by atoms with Crippen LogP contribution in [0, 0.1) is 0 Å². The molecule has 1 aliphatic rings. The number of anilines is 2. The summed E-state index contributed by atoms with van der Waals surface area (Å²) in [5.41, 5.74) is 6.82. The van der Waals surface area contributed by atoms with Crippen LogP contribution in [0.3, 0.4) is 0 Å². The highest BCUT2D eigenvalue weighted by Crippen LogP contribution is 2.41. The number of carbonyl (C=O) groups excluding carboxylic acids is 1. The molecule has 4 aromatic rings. The second-order valence-corrected chi connectivity index (χ2v) is 19.5. The number of hydrogen-bond donors (Lipinski definition) is 3. The first-order chi connectivity index (χ1) is 22.7. The van der Waals surface area contributed by atoms with Gasteiger partial charge in [0, 0.05) is 43.2 Å². The van der Waals surface area contributed by atoms with Gasteiger partial charge in [0.05, 0.1) is 18.4 Å². The molecule has 1 unspecified atom stereocenters. The Morgan fingerprint density at radius 1 is 0.917 bits per heavy atom. The van der Waals surface area contributed by atoms with Gasteiger partial charge >= 0.3 is 6.03 Å². The lowest BCUT2D eigenvalue weighted by molar-refractivity contribution is -0.180. The molecular formula is C40H51N3O4Si. The molecule has 8 heteroatoms. The molecule has 2 atom stereocenters. The number of fused-ring (bicyclic) bond motifs is 1. The number of urea groups is 1. The van der Waals surface area contributed by atoms with Crippen LogP contribution >= 0.6 is 0 Å². The van der Waals surface area contributed by atoms with Gasteiger partial charge in [-0.2, -0.15) is 0 Å². The summed E-state index contributed by atoms with van der Waals surface area (Å²) in [6.07, 6.45) is 0.672. The number of hydrogen-bond acceptors (Lipinski definition) is 5. The fourth-order valence-corrected chi connectivity index (χ4v) is 6.86. The van der Waals surface area contributed by atoms with Crippen molar-refractivity contribution >= 4 is 25.7 Å². The van der Waals surface area contributed by atoms with Crippen molar-refractivity contribution in [2.24, 2.45) is 0 Å². The van der Waals surface area contributed by atoms with Gasteiger partial charge in [-0.05, 0) is 78.5 Å². The summed E-state index contributed by atoms with van der Waals surface area (Å²) in [5.74, 6) is 0.234. The molecule has 0 aliphatic carbocycles. The highest BCUT2D eigenvalue weighted by atomic mass is 28.4. The van der Waals surface area contributed by atoms with Gasteiger partial charge in [-0.25, -0.2) is 4.79 Å². The summed E-state index contributed by atoms with van der Waals surface area (Å²) < 4.78 is 19.0. The number of carbonyl (C=O) groups is 1. The molecule has 48 heavy (non-hydrogen) atoms. The van der Waals surface area contributed by atoms with Crippen LogP contribution in [0.15, 0.2) is 97.1 Å². The van der Waals surface area contributed by atoms with Gasteiger partial charge in [0.25, 0.3) is 0 Å². The predicted octanol–water partition coefficient (Wildman–Crippen LogP) is 9.93. The van der Waals surface area contributed by atoms with Crippen molar-refractivity contribution in [3.05, 3.63) is 114 Å². The smallest absolute Gasteiger partial charge is 0.323 e. The van der Waals surface area contributed by atoms with Crippen LogP contribution in [0.2, 0.25) is 18.1 Å². The lowest BCUT2D eigenvalue weighted by Gasteiger charge is -2.40.